The molecule has 0 spiro atoms. The number of H-pyrrole nitrogens is 1. The van der Waals surface area contributed by atoms with Crippen LogP contribution in [0.15, 0.2) is 48.5 Å². The third kappa shape index (κ3) is 6.46. The molecular weight excluding hydrogens is 598 g/mol. The van der Waals surface area contributed by atoms with Gasteiger partial charge in [0.05, 0.1) is 17.5 Å². The highest BCUT2D eigenvalue weighted by atomic mass is 35.5. The molecule has 0 bridgehead atoms. The van der Waals surface area contributed by atoms with Gasteiger partial charge in [-0.05, 0) is 111 Å². The Hall–Kier alpha value is -4.01. The highest BCUT2D eigenvalue weighted by molar-refractivity contribution is 6.33. The molecule has 2 amide bonds. The Labute approximate surface area is 273 Å². The standard InChI is InChI=1S/C37H40ClN5O3/c1-20-12-32-33(43-36(42-32)25-10-11-25)17-28(20)23-6-2-21(3-7-23)13-26(14-34(44)24-8-4-22(19-39)5-9-24)37(46)40-27-15-30(38)29-18-35(45)41-31(29)16-27/h2-3,6-7,12,15-17,22,24-26H,4-5,8-11,13-14,18-19,39H2,1H3,(H,40,46)(H,41,45)(H,42,43)/t22?,24?,26-/m1/s1. The lowest BCUT2D eigenvalue weighted by atomic mass is 9.77. The number of hydrogen-bond acceptors (Lipinski definition) is 5. The van der Waals surface area contributed by atoms with E-state index in [1.54, 1.807) is 12.1 Å². The summed E-state index contributed by atoms with van der Waals surface area (Å²) < 4.78 is 0. The number of hydrogen-bond donors (Lipinski definition) is 4. The molecule has 0 radical (unpaired) electrons. The number of anilines is 2. The molecule has 3 aromatic carbocycles. The largest absolute Gasteiger partial charge is 0.342 e. The number of carbonyl (C=O) groups is 3. The summed E-state index contributed by atoms with van der Waals surface area (Å²) in [5, 5.41) is 6.23. The van der Waals surface area contributed by atoms with Gasteiger partial charge in [-0.15, -0.1) is 0 Å². The second-order valence-corrected chi connectivity index (χ2v) is 13.9. The Morgan fingerprint density at radius 2 is 1.80 bits per heavy atom. The maximum atomic E-state index is 13.8. The molecule has 46 heavy (non-hydrogen) atoms. The molecule has 5 N–H and O–H groups in total. The zero-order valence-electron chi connectivity index (χ0n) is 26.1. The van der Waals surface area contributed by atoms with E-state index in [1.807, 2.05) is 0 Å². The minimum Gasteiger partial charge on any atom is -0.342 e. The molecule has 4 aromatic rings. The smallest absolute Gasteiger partial charge is 0.228 e. The van der Waals surface area contributed by atoms with Gasteiger partial charge in [-0.1, -0.05) is 35.9 Å². The van der Waals surface area contributed by atoms with Gasteiger partial charge in [0.15, 0.2) is 0 Å². The number of halogens is 1. The van der Waals surface area contributed by atoms with Crippen molar-refractivity contribution >= 4 is 51.6 Å². The van der Waals surface area contributed by atoms with Crippen molar-refractivity contribution in [3.05, 3.63) is 76.1 Å². The Balaban J connectivity index is 1.10. The molecule has 8 nitrogen and oxygen atoms in total. The molecule has 3 aliphatic rings. The Bertz CT molecular complexity index is 1820. The van der Waals surface area contributed by atoms with Crippen LogP contribution in [0.4, 0.5) is 11.4 Å². The first-order chi connectivity index (χ1) is 22.2. The van der Waals surface area contributed by atoms with Crippen LogP contribution in [0, 0.1) is 24.7 Å². The quantitative estimate of drug-likeness (QED) is 0.148. The molecule has 2 saturated carbocycles. The number of rotatable bonds is 10. The monoisotopic (exact) mass is 637 g/mol. The van der Waals surface area contributed by atoms with Crippen LogP contribution in [0.1, 0.15) is 73.4 Å². The highest BCUT2D eigenvalue weighted by Gasteiger charge is 2.31. The van der Waals surface area contributed by atoms with E-state index in [9.17, 15) is 14.4 Å². The summed E-state index contributed by atoms with van der Waals surface area (Å²) in [7, 11) is 0. The molecule has 0 unspecified atom stereocenters. The number of nitrogens with one attached hydrogen (secondary N) is 3. The molecular formula is C37H40ClN5O3. The minimum atomic E-state index is -0.560. The predicted molar refractivity (Wildman–Crippen MR) is 182 cm³/mol. The first kappa shape index (κ1) is 30.6. The van der Waals surface area contributed by atoms with Gasteiger partial charge in [0, 0.05) is 46.1 Å². The number of aromatic amines is 1. The van der Waals surface area contributed by atoms with E-state index < -0.39 is 5.92 Å². The van der Waals surface area contributed by atoms with Crippen LogP contribution in [0.5, 0.6) is 0 Å². The topological polar surface area (TPSA) is 130 Å². The number of nitrogens with zero attached hydrogens (tertiary/aromatic N) is 1. The van der Waals surface area contributed by atoms with Gasteiger partial charge in [-0.2, -0.15) is 0 Å². The Morgan fingerprint density at radius 1 is 1.04 bits per heavy atom. The van der Waals surface area contributed by atoms with Gasteiger partial charge in [0.2, 0.25) is 11.8 Å². The average molecular weight is 638 g/mol. The van der Waals surface area contributed by atoms with Crippen molar-refractivity contribution in [1.82, 2.24) is 9.97 Å². The third-order valence-electron chi connectivity index (χ3n) is 10.1. The van der Waals surface area contributed by atoms with Gasteiger partial charge >= 0.3 is 0 Å². The van der Waals surface area contributed by atoms with Crippen molar-refractivity contribution in [2.45, 2.75) is 70.6 Å². The lowest BCUT2D eigenvalue weighted by Gasteiger charge is -2.27. The summed E-state index contributed by atoms with van der Waals surface area (Å²) in [4.78, 5) is 47.6. The number of benzene rings is 3. The second-order valence-electron chi connectivity index (χ2n) is 13.5. The van der Waals surface area contributed by atoms with Crippen molar-refractivity contribution in [3.8, 4) is 11.1 Å². The van der Waals surface area contributed by atoms with E-state index in [1.165, 1.54) is 18.4 Å². The SMILES string of the molecule is Cc1cc2[nH]c(C3CC3)nc2cc1-c1ccc(C[C@H](CC(=O)C2CCC(CN)CC2)C(=O)Nc2cc(Cl)c3c(c2)NC(=O)C3)cc1. The normalized spacial score (nSPS) is 19.9. The number of amides is 2. The number of aryl methyl sites for hydroxylation is 1. The highest BCUT2D eigenvalue weighted by Crippen LogP contribution is 2.40. The van der Waals surface area contributed by atoms with Crippen LogP contribution < -0.4 is 16.4 Å². The molecule has 1 atom stereocenters. The fourth-order valence-electron chi connectivity index (χ4n) is 7.14. The van der Waals surface area contributed by atoms with Crippen molar-refractivity contribution in [2.75, 3.05) is 17.2 Å². The molecule has 238 valence electrons. The summed E-state index contributed by atoms with van der Waals surface area (Å²) in [6.07, 6.45) is 6.77. The average Bonchev–Trinajstić information content (AvgIpc) is 3.71. The van der Waals surface area contributed by atoms with Crippen LogP contribution in [-0.2, 0) is 27.2 Å². The van der Waals surface area contributed by atoms with Crippen LogP contribution in [0.3, 0.4) is 0 Å². The van der Waals surface area contributed by atoms with E-state index in [0.29, 0.717) is 41.2 Å². The summed E-state index contributed by atoms with van der Waals surface area (Å²) in [5.74, 6) is 1.30. The Kier molecular flexibility index (Phi) is 8.42. The van der Waals surface area contributed by atoms with Gasteiger partial charge in [-0.3, -0.25) is 14.4 Å². The number of nitrogens with two attached hydrogens (primary N) is 1. The van der Waals surface area contributed by atoms with E-state index in [0.717, 1.165) is 64.8 Å². The molecule has 2 fully saturated rings. The van der Waals surface area contributed by atoms with Gasteiger partial charge in [0.25, 0.3) is 0 Å². The number of aromatic nitrogens is 2. The molecule has 1 aliphatic heterocycles. The minimum absolute atomic E-state index is 0.0366. The van der Waals surface area contributed by atoms with Crippen LogP contribution in [0.25, 0.3) is 22.2 Å². The van der Waals surface area contributed by atoms with Gasteiger partial charge in [-0.25, -0.2) is 4.98 Å². The van der Waals surface area contributed by atoms with Crippen LogP contribution in [0.2, 0.25) is 5.02 Å². The first-order valence-corrected chi connectivity index (χ1v) is 16.9. The second kappa shape index (κ2) is 12.6. The van der Waals surface area contributed by atoms with E-state index in [4.69, 9.17) is 22.3 Å². The first-order valence-electron chi connectivity index (χ1n) is 16.5. The summed E-state index contributed by atoms with van der Waals surface area (Å²) in [6.45, 7) is 2.77. The molecule has 2 aliphatic carbocycles. The van der Waals surface area contributed by atoms with Crippen LogP contribution >= 0.6 is 11.6 Å². The van der Waals surface area contributed by atoms with E-state index in [2.05, 4.69) is 58.9 Å². The van der Waals surface area contributed by atoms with Crippen molar-refractivity contribution in [2.24, 2.45) is 23.5 Å². The van der Waals surface area contributed by atoms with E-state index in [-0.39, 0.29) is 36.4 Å². The predicted octanol–water partition coefficient (Wildman–Crippen LogP) is 7.09. The molecule has 1 aromatic heterocycles. The number of ketones is 1. The fourth-order valence-corrected chi connectivity index (χ4v) is 7.42. The molecule has 2 heterocycles. The number of Topliss-reactive ketones (excluding diaryl/α,β-unsaturated/α-hetero) is 1. The number of imidazole rings is 1. The Morgan fingerprint density at radius 3 is 2.52 bits per heavy atom. The number of carbonyl (C=O) groups excluding carboxylic acids is 3. The van der Waals surface area contributed by atoms with Crippen molar-refractivity contribution < 1.29 is 14.4 Å². The van der Waals surface area contributed by atoms with Crippen LogP contribution in [-0.4, -0.2) is 34.1 Å². The van der Waals surface area contributed by atoms with E-state index >= 15 is 0 Å². The van der Waals surface area contributed by atoms with Gasteiger partial charge in [0.1, 0.15) is 11.6 Å². The zero-order valence-corrected chi connectivity index (χ0v) is 26.9. The summed E-state index contributed by atoms with van der Waals surface area (Å²) in [6, 6.07) is 16.0. The zero-order chi connectivity index (χ0) is 31.9. The molecule has 9 heteroatoms. The van der Waals surface area contributed by atoms with Crippen molar-refractivity contribution in [1.29, 1.82) is 0 Å². The van der Waals surface area contributed by atoms with Gasteiger partial charge < -0.3 is 21.4 Å². The summed E-state index contributed by atoms with van der Waals surface area (Å²) in [5.41, 5.74) is 14.1. The maximum absolute atomic E-state index is 13.8. The molecule has 7 rings (SSSR count). The third-order valence-corrected chi connectivity index (χ3v) is 10.4. The lowest BCUT2D eigenvalue weighted by Crippen LogP contribution is -2.31. The lowest BCUT2D eigenvalue weighted by molar-refractivity contribution is -0.129. The number of fused-ring (bicyclic) bond motifs is 2. The fraction of sp³-hybridized carbons (Fsp3) is 0.405. The van der Waals surface area contributed by atoms with Crippen molar-refractivity contribution in [3.63, 3.8) is 0 Å². The maximum Gasteiger partial charge on any atom is 0.228 e. The summed E-state index contributed by atoms with van der Waals surface area (Å²) >= 11 is 6.46. The molecule has 0 saturated heterocycles.